The summed E-state index contributed by atoms with van der Waals surface area (Å²) in [4.78, 5) is 24.4. The van der Waals surface area contributed by atoms with Crippen molar-refractivity contribution in [1.29, 1.82) is 0 Å². The van der Waals surface area contributed by atoms with Gasteiger partial charge in [-0.1, -0.05) is 32.4 Å². The van der Waals surface area contributed by atoms with Crippen molar-refractivity contribution < 1.29 is 24.9 Å². The normalized spacial score (nSPS) is 51.3. The lowest BCUT2D eigenvalue weighted by molar-refractivity contribution is -0.180. The van der Waals surface area contributed by atoms with Gasteiger partial charge in [-0.25, -0.2) is 0 Å². The summed E-state index contributed by atoms with van der Waals surface area (Å²) in [6, 6.07) is 0. The number of carbonyl (C=O) groups is 2. The molecule has 0 amide bonds. The molecule has 0 heterocycles. The molecule has 6 unspecified atom stereocenters. The van der Waals surface area contributed by atoms with Crippen LogP contribution in [0.15, 0.2) is 23.8 Å². The molecule has 4 rings (SSSR count). The number of aliphatic hydroxyl groups is 3. The van der Waals surface area contributed by atoms with Crippen LogP contribution in [0.25, 0.3) is 0 Å². The number of allylic oxidation sites excluding steroid dienone is 4. The molecule has 8 atom stereocenters. The first-order chi connectivity index (χ1) is 12.6. The molecule has 0 aromatic heterocycles. The molecule has 3 saturated carbocycles. The molecule has 5 nitrogen and oxygen atoms in total. The Kier molecular flexibility index (Phi) is 4.12. The molecule has 0 aromatic rings. The maximum atomic E-state index is 12.4. The van der Waals surface area contributed by atoms with Crippen molar-refractivity contribution in [3.63, 3.8) is 0 Å². The summed E-state index contributed by atoms with van der Waals surface area (Å²) in [7, 11) is 0. The van der Waals surface area contributed by atoms with E-state index in [1.807, 2.05) is 13.0 Å². The minimum atomic E-state index is -1.57. The van der Waals surface area contributed by atoms with Crippen molar-refractivity contribution in [2.24, 2.45) is 34.5 Å². The number of Topliss-reactive ketones (excluding diaryl/α,β-unsaturated/α-hetero) is 1. The Morgan fingerprint density at radius 3 is 2.70 bits per heavy atom. The summed E-state index contributed by atoms with van der Waals surface area (Å²) in [5.41, 5.74) is -1.59. The lowest BCUT2D eigenvalue weighted by atomic mass is 9.45. The largest absolute Gasteiger partial charge is 0.393 e. The van der Waals surface area contributed by atoms with E-state index < -0.39 is 29.5 Å². The van der Waals surface area contributed by atoms with E-state index in [4.69, 9.17) is 0 Å². The van der Waals surface area contributed by atoms with E-state index >= 15 is 0 Å². The molecule has 4 aliphatic rings. The first-order valence-corrected chi connectivity index (χ1v) is 10.1. The maximum absolute atomic E-state index is 12.4. The summed E-state index contributed by atoms with van der Waals surface area (Å²) in [6.07, 6.45) is 6.87. The van der Waals surface area contributed by atoms with Gasteiger partial charge in [-0.15, -0.1) is 0 Å². The summed E-state index contributed by atoms with van der Waals surface area (Å²) < 4.78 is 0. The van der Waals surface area contributed by atoms with Crippen LogP contribution in [0.2, 0.25) is 0 Å². The monoisotopic (exact) mass is 374 g/mol. The minimum Gasteiger partial charge on any atom is -0.393 e. The third-order valence-electron chi connectivity index (χ3n) is 8.57. The van der Waals surface area contributed by atoms with Gasteiger partial charge in [0, 0.05) is 16.7 Å². The fraction of sp³-hybridized carbons (Fsp3) is 0.727. The minimum absolute atomic E-state index is 0.00620. The Bertz CT molecular complexity index is 754. The summed E-state index contributed by atoms with van der Waals surface area (Å²) in [5.74, 6) is -0.0768. The molecule has 0 aromatic carbocycles. The molecule has 0 spiro atoms. The molecule has 0 radical (unpaired) electrons. The van der Waals surface area contributed by atoms with E-state index in [-0.39, 0.29) is 34.9 Å². The van der Waals surface area contributed by atoms with Crippen LogP contribution in [0.3, 0.4) is 0 Å². The lowest BCUT2D eigenvalue weighted by Gasteiger charge is -2.60. The molecule has 27 heavy (non-hydrogen) atoms. The number of carbonyl (C=O) groups excluding carboxylic acids is 2. The van der Waals surface area contributed by atoms with Crippen LogP contribution in [0, 0.1) is 34.5 Å². The highest BCUT2D eigenvalue weighted by Gasteiger charge is 2.68. The predicted molar refractivity (Wildman–Crippen MR) is 99.6 cm³/mol. The fourth-order valence-electron chi connectivity index (χ4n) is 7.34. The van der Waals surface area contributed by atoms with Crippen LogP contribution in [0.5, 0.6) is 0 Å². The number of aliphatic hydroxyl groups excluding tert-OH is 2. The third-order valence-corrected chi connectivity index (χ3v) is 8.57. The molecule has 148 valence electrons. The lowest BCUT2D eigenvalue weighted by Crippen LogP contribution is -2.62. The molecule has 3 N–H and O–H groups in total. The van der Waals surface area contributed by atoms with Gasteiger partial charge in [-0.05, 0) is 55.6 Å². The first kappa shape index (κ1) is 19.0. The van der Waals surface area contributed by atoms with E-state index in [9.17, 15) is 24.9 Å². The van der Waals surface area contributed by atoms with E-state index in [0.717, 1.165) is 18.4 Å². The molecular formula is C22H30O5. The number of hydrogen-bond donors (Lipinski definition) is 3. The van der Waals surface area contributed by atoms with Gasteiger partial charge in [0.15, 0.2) is 11.6 Å². The van der Waals surface area contributed by atoms with Crippen molar-refractivity contribution in [2.75, 3.05) is 6.61 Å². The second-order valence-corrected chi connectivity index (χ2v) is 9.72. The zero-order chi connectivity index (χ0) is 19.8. The first-order valence-electron chi connectivity index (χ1n) is 10.1. The van der Waals surface area contributed by atoms with E-state index in [1.165, 1.54) is 0 Å². The number of hydrogen-bond acceptors (Lipinski definition) is 5. The molecule has 0 bridgehead atoms. The van der Waals surface area contributed by atoms with Gasteiger partial charge >= 0.3 is 0 Å². The Morgan fingerprint density at radius 1 is 1.33 bits per heavy atom. The SMILES string of the molecule is C[C@H]1CC2C(C(O)CC3(C)C2CC[C@]3(O)C(=O)CO)C2(C)C=CC(=O)C=C12. The third kappa shape index (κ3) is 2.28. The molecular weight excluding hydrogens is 344 g/mol. The second-order valence-electron chi connectivity index (χ2n) is 9.72. The predicted octanol–water partition coefficient (Wildman–Crippen LogP) is 1.80. The molecule has 5 heteroatoms. The second kappa shape index (κ2) is 5.85. The maximum Gasteiger partial charge on any atom is 0.190 e. The smallest absolute Gasteiger partial charge is 0.190 e. The summed E-state index contributed by atoms with van der Waals surface area (Å²) >= 11 is 0. The van der Waals surface area contributed by atoms with E-state index in [2.05, 4.69) is 13.8 Å². The van der Waals surface area contributed by atoms with Crippen molar-refractivity contribution in [3.05, 3.63) is 23.8 Å². The fourth-order valence-corrected chi connectivity index (χ4v) is 7.34. The molecule has 3 fully saturated rings. The highest BCUT2D eigenvalue weighted by atomic mass is 16.3. The topological polar surface area (TPSA) is 94.8 Å². The van der Waals surface area contributed by atoms with Crippen molar-refractivity contribution in [1.82, 2.24) is 0 Å². The van der Waals surface area contributed by atoms with E-state index in [1.54, 1.807) is 12.2 Å². The highest BCUT2D eigenvalue weighted by molar-refractivity contribution is 6.01. The van der Waals surface area contributed by atoms with Crippen LogP contribution in [-0.4, -0.2) is 45.2 Å². The molecule has 0 aliphatic heterocycles. The van der Waals surface area contributed by atoms with Gasteiger partial charge in [0.05, 0.1) is 6.10 Å². The van der Waals surface area contributed by atoms with Gasteiger partial charge in [0.2, 0.25) is 0 Å². The van der Waals surface area contributed by atoms with Crippen molar-refractivity contribution in [3.8, 4) is 0 Å². The number of fused-ring (bicyclic) bond motifs is 5. The van der Waals surface area contributed by atoms with Crippen LogP contribution < -0.4 is 0 Å². The Labute approximate surface area is 160 Å². The number of rotatable bonds is 2. The Hall–Kier alpha value is -1.30. The summed E-state index contributed by atoms with van der Waals surface area (Å²) in [5, 5.41) is 31.9. The van der Waals surface area contributed by atoms with Gasteiger partial charge in [0.25, 0.3) is 0 Å². The Balaban J connectivity index is 1.78. The number of ketones is 2. The average Bonchev–Trinajstić information content (AvgIpc) is 2.87. The van der Waals surface area contributed by atoms with Crippen LogP contribution in [-0.2, 0) is 9.59 Å². The van der Waals surface area contributed by atoms with Crippen molar-refractivity contribution in [2.45, 2.75) is 58.2 Å². The molecule has 0 saturated heterocycles. The molecule has 4 aliphatic carbocycles. The zero-order valence-corrected chi connectivity index (χ0v) is 16.3. The van der Waals surface area contributed by atoms with Crippen LogP contribution >= 0.6 is 0 Å². The standard InChI is InChI=1S/C22H30O5/c1-12-8-14-15-5-7-22(27,18(26)11-23)21(15,3)10-17(25)19(14)20(2)6-4-13(24)9-16(12)20/h4,6,9,12,14-15,17,19,23,25,27H,5,7-8,10-11H2,1-3H3/t12-,14?,15?,17?,19?,20?,21?,22-/m0/s1. The van der Waals surface area contributed by atoms with Crippen LogP contribution in [0.4, 0.5) is 0 Å². The van der Waals surface area contributed by atoms with Gasteiger partial charge in [0.1, 0.15) is 12.2 Å². The van der Waals surface area contributed by atoms with Gasteiger partial charge in [-0.2, -0.15) is 0 Å². The van der Waals surface area contributed by atoms with Gasteiger partial charge < -0.3 is 15.3 Å². The van der Waals surface area contributed by atoms with Crippen LogP contribution in [0.1, 0.15) is 46.5 Å². The van der Waals surface area contributed by atoms with Gasteiger partial charge in [-0.3, -0.25) is 9.59 Å². The average molecular weight is 374 g/mol. The zero-order valence-electron chi connectivity index (χ0n) is 16.3. The highest BCUT2D eigenvalue weighted by Crippen LogP contribution is 2.67. The van der Waals surface area contributed by atoms with Crippen molar-refractivity contribution >= 4 is 11.6 Å². The van der Waals surface area contributed by atoms with E-state index in [0.29, 0.717) is 12.8 Å². The quantitative estimate of drug-likeness (QED) is 0.685. The summed E-state index contributed by atoms with van der Waals surface area (Å²) in [6.45, 7) is 5.48. The Morgan fingerprint density at radius 2 is 2.04 bits per heavy atom.